The second-order valence-corrected chi connectivity index (χ2v) is 5.99. The van der Waals surface area contributed by atoms with Crippen LogP contribution >= 0.6 is 0 Å². The number of carbonyl (C=O) groups is 1. The number of carbonyl (C=O) groups excluding carboxylic acids is 1. The van der Waals surface area contributed by atoms with E-state index >= 15 is 0 Å². The Labute approximate surface area is 136 Å². The molecule has 118 valence electrons. The van der Waals surface area contributed by atoms with Gasteiger partial charge in [0.1, 0.15) is 0 Å². The van der Waals surface area contributed by atoms with E-state index in [1.54, 1.807) is 0 Å². The molecule has 1 aromatic heterocycles. The Bertz CT molecular complexity index is 833. The lowest BCUT2D eigenvalue weighted by atomic mass is 10.1. The maximum absolute atomic E-state index is 12.1. The largest absolute Gasteiger partial charge is 0.352 e. The molecule has 0 aliphatic heterocycles. The van der Waals surface area contributed by atoms with Gasteiger partial charge >= 0.3 is 0 Å². The van der Waals surface area contributed by atoms with Crippen LogP contribution in [0.25, 0.3) is 10.9 Å². The van der Waals surface area contributed by atoms with Gasteiger partial charge in [-0.15, -0.1) is 0 Å². The van der Waals surface area contributed by atoms with Crippen LogP contribution in [0.2, 0.25) is 0 Å². The quantitative estimate of drug-likeness (QED) is 0.765. The molecular formula is C20H22N2O. The van der Waals surface area contributed by atoms with Crippen LogP contribution in [0.4, 0.5) is 0 Å². The zero-order valence-electron chi connectivity index (χ0n) is 13.7. The summed E-state index contributed by atoms with van der Waals surface area (Å²) in [4.78, 5) is 12.1. The zero-order chi connectivity index (χ0) is 16.2. The molecule has 0 aliphatic carbocycles. The minimum atomic E-state index is 0.0983. The van der Waals surface area contributed by atoms with Gasteiger partial charge in [-0.05, 0) is 36.1 Å². The fraction of sp³-hybridized carbons (Fsp3) is 0.250. The van der Waals surface area contributed by atoms with Crippen molar-refractivity contribution in [2.75, 3.05) is 0 Å². The average molecular weight is 306 g/mol. The van der Waals surface area contributed by atoms with Gasteiger partial charge in [0, 0.05) is 37.1 Å². The number of rotatable bonds is 5. The van der Waals surface area contributed by atoms with Gasteiger partial charge < -0.3 is 9.88 Å². The van der Waals surface area contributed by atoms with E-state index in [-0.39, 0.29) is 5.91 Å². The second-order valence-electron chi connectivity index (χ2n) is 5.99. The van der Waals surface area contributed by atoms with Crippen molar-refractivity contribution in [2.45, 2.75) is 26.3 Å². The number of benzene rings is 2. The first-order valence-electron chi connectivity index (χ1n) is 7.99. The molecule has 0 unspecified atom stereocenters. The van der Waals surface area contributed by atoms with Crippen molar-refractivity contribution in [3.63, 3.8) is 0 Å². The monoisotopic (exact) mass is 306 g/mol. The number of amides is 1. The van der Waals surface area contributed by atoms with Crippen LogP contribution in [0.1, 0.15) is 23.1 Å². The number of hydrogen-bond donors (Lipinski definition) is 1. The minimum Gasteiger partial charge on any atom is -0.352 e. The first-order chi connectivity index (χ1) is 11.1. The van der Waals surface area contributed by atoms with Crippen LogP contribution in [-0.2, 0) is 24.8 Å². The van der Waals surface area contributed by atoms with Crippen molar-refractivity contribution in [1.82, 2.24) is 9.88 Å². The Hall–Kier alpha value is -2.55. The maximum Gasteiger partial charge on any atom is 0.220 e. The number of hydrogen-bond acceptors (Lipinski definition) is 1. The van der Waals surface area contributed by atoms with Crippen molar-refractivity contribution < 1.29 is 4.79 Å². The Morgan fingerprint density at radius 2 is 1.78 bits per heavy atom. The molecule has 23 heavy (non-hydrogen) atoms. The molecule has 1 heterocycles. The van der Waals surface area contributed by atoms with Crippen LogP contribution in [-0.4, -0.2) is 10.5 Å². The SMILES string of the molecule is Cc1ccccc1CNC(=O)CCc1cn(C)c2ccccc12. The van der Waals surface area contributed by atoms with E-state index in [1.807, 2.05) is 31.3 Å². The van der Waals surface area contributed by atoms with E-state index in [2.05, 4.69) is 47.3 Å². The zero-order valence-corrected chi connectivity index (χ0v) is 13.7. The summed E-state index contributed by atoms with van der Waals surface area (Å²) < 4.78 is 2.12. The summed E-state index contributed by atoms with van der Waals surface area (Å²) in [6.45, 7) is 2.67. The van der Waals surface area contributed by atoms with Gasteiger partial charge in [0.25, 0.3) is 0 Å². The van der Waals surface area contributed by atoms with Gasteiger partial charge in [-0.25, -0.2) is 0 Å². The summed E-state index contributed by atoms with van der Waals surface area (Å²) in [7, 11) is 2.05. The van der Waals surface area contributed by atoms with Gasteiger partial charge in [-0.1, -0.05) is 42.5 Å². The van der Waals surface area contributed by atoms with E-state index < -0.39 is 0 Å². The van der Waals surface area contributed by atoms with E-state index in [0.717, 1.165) is 6.42 Å². The topological polar surface area (TPSA) is 34.0 Å². The summed E-state index contributed by atoms with van der Waals surface area (Å²) in [5, 5.41) is 4.26. The molecule has 0 spiro atoms. The molecule has 0 saturated carbocycles. The third-order valence-electron chi connectivity index (χ3n) is 4.34. The van der Waals surface area contributed by atoms with Crippen LogP contribution in [0.15, 0.2) is 54.7 Å². The van der Waals surface area contributed by atoms with Gasteiger partial charge in [0.05, 0.1) is 0 Å². The lowest BCUT2D eigenvalue weighted by Crippen LogP contribution is -2.23. The first-order valence-corrected chi connectivity index (χ1v) is 7.99. The van der Waals surface area contributed by atoms with Crippen molar-refractivity contribution in [3.05, 3.63) is 71.4 Å². The Kier molecular flexibility index (Phi) is 4.47. The lowest BCUT2D eigenvalue weighted by molar-refractivity contribution is -0.121. The molecule has 0 radical (unpaired) electrons. The molecule has 3 rings (SSSR count). The highest BCUT2D eigenvalue weighted by atomic mass is 16.1. The van der Waals surface area contributed by atoms with Crippen molar-refractivity contribution in [3.8, 4) is 0 Å². The summed E-state index contributed by atoms with van der Waals surface area (Å²) in [5.74, 6) is 0.0983. The maximum atomic E-state index is 12.1. The van der Waals surface area contributed by atoms with E-state index in [9.17, 15) is 4.79 Å². The lowest BCUT2D eigenvalue weighted by Gasteiger charge is -2.07. The molecule has 3 nitrogen and oxygen atoms in total. The van der Waals surface area contributed by atoms with E-state index in [1.165, 1.54) is 27.6 Å². The smallest absolute Gasteiger partial charge is 0.220 e. The highest BCUT2D eigenvalue weighted by Gasteiger charge is 2.08. The third kappa shape index (κ3) is 3.45. The summed E-state index contributed by atoms with van der Waals surface area (Å²) in [5.41, 5.74) is 4.82. The highest BCUT2D eigenvalue weighted by molar-refractivity contribution is 5.84. The molecule has 1 amide bonds. The average Bonchev–Trinajstić information content (AvgIpc) is 2.89. The summed E-state index contributed by atoms with van der Waals surface area (Å²) in [6, 6.07) is 16.5. The van der Waals surface area contributed by atoms with Gasteiger partial charge in [-0.3, -0.25) is 4.79 Å². The Morgan fingerprint density at radius 1 is 1.04 bits per heavy atom. The fourth-order valence-electron chi connectivity index (χ4n) is 2.96. The molecule has 3 aromatic rings. The predicted octanol–water partition coefficient (Wildman–Crippen LogP) is 3.74. The third-order valence-corrected chi connectivity index (χ3v) is 4.34. The molecular weight excluding hydrogens is 284 g/mol. The standard InChI is InChI=1S/C20H22N2O/c1-15-7-3-4-8-16(15)13-21-20(23)12-11-17-14-22(2)19-10-6-5-9-18(17)19/h3-10,14H,11-13H2,1-2H3,(H,21,23). The minimum absolute atomic E-state index is 0.0983. The summed E-state index contributed by atoms with van der Waals surface area (Å²) in [6.07, 6.45) is 3.40. The number of fused-ring (bicyclic) bond motifs is 1. The van der Waals surface area contributed by atoms with E-state index in [0.29, 0.717) is 13.0 Å². The number of nitrogens with zero attached hydrogens (tertiary/aromatic N) is 1. The molecule has 3 heteroatoms. The van der Waals surface area contributed by atoms with Gasteiger partial charge in [0.2, 0.25) is 5.91 Å². The first kappa shape index (κ1) is 15.3. The number of aryl methyl sites for hydroxylation is 3. The molecule has 1 N–H and O–H groups in total. The fourth-order valence-corrected chi connectivity index (χ4v) is 2.96. The van der Waals surface area contributed by atoms with E-state index in [4.69, 9.17) is 0 Å². The van der Waals surface area contributed by atoms with Crippen LogP contribution in [0, 0.1) is 6.92 Å². The van der Waals surface area contributed by atoms with Gasteiger partial charge in [0.15, 0.2) is 0 Å². The van der Waals surface area contributed by atoms with Crippen LogP contribution in [0.5, 0.6) is 0 Å². The molecule has 2 aromatic carbocycles. The molecule has 0 saturated heterocycles. The predicted molar refractivity (Wildman–Crippen MR) is 94.3 cm³/mol. The highest BCUT2D eigenvalue weighted by Crippen LogP contribution is 2.21. The number of aromatic nitrogens is 1. The number of para-hydroxylation sites is 1. The Balaban J connectivity index is 1.59. The van der Waals surface area contributed by atoms with Crippen molar-refractivity contribution in [2.24, 2.45) is 7.05 Å². The molecule has 0 atom stereocenters. The molecule has 0 aliphatic rings. The number of nitrogens with one attached hydrogen (secondary N) is 1. The van der Waals surface area contributed by atoms with Crippen molar-refractivity contribution in [1.29, 1.82) is 0 Å². The van der Waals surface area contributed by atoms with Crippen LogP contribution < -0.4 is 5.32 Å². The second kappa shape index (κ2) is 6.69. The Morgan fingerprint density at radius 3 is 2.61 bits per heavy atom. The molecule has 0 fully saturated rings. The van der Waals surface area contributed by atoms with Crippen molar-refractivity contribution >= 4 is 16.8 Å². The molecule has 0 bridgehead atoms. The summed E-state index contributed by atoms with van der Waals surface area (Å²) >= 11 is 0. The van der Waals surface area contributed by atoms with Gasteiger partial charge in [-0.2, -0.15) is 0 Å². The van der Waals surface area contributed by atoms with Crippen LogP contribution in [0.3, 0.4) is 0 Å². The normalized spacial score (nSPS) is 10.9.